The molecule has 4 nitrogen and oxygen atoms in total. The van der Waals surface area contributed by atoms with Crippen molar-refractivity contribution in [3.8, 4) is 11.8 Å². The Labute approximate surface area is 104 Å². The van der Waals surface area contributed by atoms with Crippen molar-refractivity contribution in [1.82, 2.24) is 0 Å². The van der Waals surface area contributed by atoms with Crippen LogP contribution in [0.4, 0.5) is 8.78 Å². The van der Waals surface area contributed by atoms with Gasteiger partial charge in [0.25, 0.3) is 0 Å². The maximum Gasteiger partial charge on any atom is 0.387 e. The van der Waals surface area contributed by atoms with Crippen LogP contribution in [0.2, 0.25) is 0 Å². The number of carboxylic acids is 1. The van der Waals surface area contributed by atoms with E-state index in [-0.39, 0.29) is 16.5 Å². The molecule has 0 atom stereocenters. The molecule has 0 unspecified atom stereocenters. The second kappa shape index (κ2) is 5.59. The third-order valence-corrected chi connectivity index (χ3v) is 2.52. The van der Waals surface area contributed by atoms with E-state index in [2.05, 4.69) is 20.7 Å². The summed E-state index contributed by atoms with van der Waals surface area (Å²) < 4.78 is 28.3. The molecule has 1 aromatic carbocycles. The number of hydrogen-bond acceptors (Lipinski definition) is 3. The number of ether oxygens (including phenoxy) is 1. The molecule has 0 aliphatic heterocycles. The van der Waals surface area contributed by atoms with Gasteiger partial charge in [-0.2, -0.15) is 14.0 Å². The lowest BCUT2D eigenvalue weighted by Gasteiger charge is -2.11. The number of carbonyl (C=O) groups is 1. The molecule has 0 bridgehead atoms. The topological polar surface area (TPSA) is 70.3 Å². The van der Waals surface area contributed by atoms with Crippen molar-refractivity contribution in [1.29, 1.82) is 5.26 Å². The van der Waals surface area contributed by atoms with Crippen molar-refractivity contribution in [2.75, 3.05) is 0 Å². The summed E-state index contributed by atoms with van der Waals surface area (Å²) in [5.41, 5.74) is -0.222. The quantitative estimate of drug-likeness (QED) is 0.868. The van der Waals surface area contributed by atoms with Crippen LogP contribution in [0.15, 0.2) is 12.1 Å². The van der Waals surface area contributed by atoms with Gasteiger partial charge in [-0.15, -0.1) is 0 Å². The minimum atomic E-state index is -3.12. The molecule has 0 saturated heterocycles. The molecule has 0 radical (unpaired) electrons. The molecule has 1 rings (SSSR count). The Morgan fingerprint density at radius 1 is 1.59 bits per heavy atom. The van der Waals surface area contributed by atoms with E-state index in [4.69, 9.17) is 10.4 Å². The molecule has 0 aliphatic rings. The van der Waals surface area contributed by atoms with E-state index in [1.54, 1.807) is 6.07 Å². The summed E-state index contributed by atoms with van der Waals surface area (Å²) in [6.45, 7) is -3.12. The van der Waals surface area contributed by atoms with Crippen LogP contribution < -0.4 is 4.74 Å². The first-order chi connectivity index (χ1) is 8.01. The lowest BCUT2D eigenvalue weighted by Crippen LogP contribution is -2.11. The summed E-state index contributed by atoms with van der Waals surface area (Å²) in [6.07, 6.45) is 0. The fraction of sp³-hybridized carbons (Fsp3) is 0.200. The number of rotatable bonds is 4. The number of halogens is 3. The van der Waals surface area contributed by atoms with Crippen LogP contribution >= 0.6 is 15.9 Å². The SMILES string of the molecule is N#Cc1ccc(OC(F)F)c(C(=O)O)c1CBr. The van der Waals surface area contributed by atoms with Crippen molar-refractivity contribution in [2.45, 2.75) is 11.9 Å². The van der Waals surface area contributed by atoms with Gasteiger partial charge in [-0.1, -0.05) is 15.9 Å². The second-order valence-corrected chi connectivity index (χ2v) is 3.45. The molecular formula is C10H6BrF2NO3. The average molecular weight is 306 g/mol. The Balaban J connectivity index is 3.43. The Bertz CT molecular complexity index is 485. The van der Waals surface area contributed by atoms with Crippen molar-refractivity contribution in [3.05, 3.63) is 28.8 Å². The summed E-state index contributed by atoms with van der Waals surface area (Å²) >= 11 is 3.01. The highest BCUT2D eigenvalue weighted by Crippen LogP contribution is 2.28. The molecule has 0 amide bonds. The van der Waals surface area contributed by atoms with Gasteiger partial charge in [0, 0.05) is 5.33 Å². The van der Waals surface area contributed by atoms with Gasteiger partial charge in [0.15, 0.2) is 0 Å². The highest BCUT2D eigenvalue weighted by atomic mass is 79.9. The molecule has 17 heavy (non-hydrogen) atoms. The van der Waals surface area contributed by atoms with Gasteiger partial charge in [-0.25, -0.2) is 4.79 Å². The van der Waals surface area contributed by atoms with E-state index in [1.807, 2.05) is 0 Å². The molecule has 0 spiro atoms. The van der Waals surface area contributed by atoms with Crippen LogP contribution in [0, 0.1) is 11.3 Å². The molecule has 0 aliphatic carbocycles. The van der Waals surface area contributed by atoms with Crippen molar-refractivity contribution in [3.63, 3.8) is 0 Å². The van der Waals surface area contributed by atoms with Gasteiger partial charge in [-0.3, -0.25) is 0 Å². The van der Waals surface area contributed by atoms with Crippen LogP contribution in [0.25, 0.3) is 0 Å². The first-order valence-electron chi connectivity index (χ1n) is 4.31. The Morgan fingerprint density at radius 3 is 2.65 bits per heavy atom. The van der Waals surface area contributed by atoms with E-state index < -0.39 is 23.9 Å². The van der Waals surface area contributed by atoms with Crippen molar-refractivity contribution >= 4 is 21.9 Å². The smallest absolute Gasteiger partial charge is 0.387 e. The third-order valence-electron chi connectivity index (χ3n) is 1.96. The lowest BCUT2D eigenvalue weighted by molar-refractivity contribution is -0.0503. The second-order valence-electron chi connectivity index (χ2n) is 2.89. The summed E-state index contributed by atoms with van der Waals surface area (Å²) in [5.74, 6) is -1.88. The number of aromatic carboxylic acids is 1. The summed E-state index contributed by atoms with van der Waals surface area (Å²) in [6, 6.07) is 4.06. The molecule has 90 valence electrons. The highest BCUT2D eigenvalue weighted by molar-refractivity contribution is 9.08. The monoisotopic (exact) mass is 305 g/mol. The number of nitrogens with zero attached hydrogens (tertiary/aromatic N) is 1. The van der Waals surface area contributed by atoms with Gasteiger partial charge in [-0.05, 0) is 17.7 Å². The van der Waals surface area contributed by atoms with E-state index in [0.29, 0.717) is 0 Å². The maximum atomic E-state index is 12.1. The Kier molecular flexibility index (Phi) is 4.40. The maximum absolute atomic E-state index is 12.1. The number of nitriles is 1. The highest BCUT2D eigenvalue weighted by Gasteiger charge is 2.21. The van der Waals surface area contributed by atoms with Gasteiger partial charge in [0.05, 0.1) is 11.6 Å². The standard InChI is InChI=1S/C10H6BrF2NO3/c11-3-6-5(4-14)1-2-7(17-10(12)13)8(6)9(15)16/h1-2,10H,3H2,(H,15,16). The molecule has 1 N–H and O–H groups in total. The van der Waals surface area contributed by atoms with Crippen molar-refractivity contribution in [2.24, 2.45) is 0 Å². The molecule has 7 heteroatoms. The van der Waals surface area contributed by atoms with E-state index >= 15 is 0 Å². The van der Waals surface area contributed by atoms with E-state index in [0.717, 1.165) is 6.07 Å². The summed E-state index contributed by atoms with van der Waals surface area (Å²) in [5, 5.41) is 17.8. The predicted molar refractivity (Wildman–Crippen MR) is 57.4 cm³/mol. The van der Waals surface area contributed by atoms with Gasteiger partial charge >= 0.3 is 12.6 Å². The molecule has 0 fully saturated rings. The van der Waals surface area contributed by atoms with Crippen LogP contribution in [0.5, 0.6) is 5.75 Å². The molecular weight excluding hydrogens is 300 g/mol. The number of carboxylic acid groups (broad SMARTS) is 1. The number of hydrogen-bond donors (Lipinski definition) is 1. The van der Waals surface area contributed by atoms with Crippen LogP contribution in [0.3, 0.4) is 0 Å². The third kappa shape index (κ3) is 2.91. The number of alkyl halides is 3. The van der Waals surface area contributed by atoms with Crippen LogP contribution in [-0.2, 0) is 5.33 Å². The normalized spacial score (nSPS) is 10.1. The van der Waals surface area contributed by atoms with Gasteiger partial charge < -0.3 is 9.84 Å². The van der Waals surface area contributed by atoms with Gasteiger partial charge in [0.2, 0.25) is 0 Å². The number of benzene rings is 1. The summed E-state index contributed by atoms with van der Waals surface area (Å²) in [4.78, 5) is 11.0. The molecule has 0 saturated carbocycles. The molecule has 0 aromatic heterocycles. The first-order valence-corrected chi connectivity index (χ1v) is 5.43. The van der Waals surface area contributed by atoms with E-state index in [1.165, 1.54) is 6.07 Å². The molecule has 1 aromatic rings. The predicted octanol–water partition coefficient (Wildman–Crippen LogP) is 2.75. The zero-order valence-corrected chi connectivity index (χ0v) is 9.87. The minimum absolute atomic E-state index is 0.0535. The zero-order valence-electron chi connectivity index (χ0n) is 8.28. The Hall–Kier alpha value is -1.68. The largest absolute Gasteiger partial charge is 0.478 e. The lowest BCUT2D eigenvalue weighted by atomic mass is 10.0. The van der Waals surface area contributed by atoms with Crippen LogP contribution in [-0.4, -0.2) is 17.7 Å². The van der Waals surface area contributed by atoms with Crippen LogP contribution in [0.1, 0.15) is 21.5 Å². The van der Waals surface area contributed by atoms with Crippen molar-refractivity contribution < 1.29 is 23.4 Å². The zero-order chi connectivity index (χ0) is 13.0. The van der Waals surface area contributed by atoms with Gasteiger partial charge in [0.1, 0.15) is 11.3 Å². The first kappa shape index (κ1) is 13.4. The Morgan fingerprint density at radius 2 is 2.24 bits per heavy atom. The summed E-state index contributed by atoms with van der Waals surface area (Å²) in [7, 11) is 0. The molecule has 0 heterocycles. The fourth-order valence-corrected chi connectivity index (χ4v) is 1.88. The van der Waals surface area contributed by atoms with E-state index in [9.17, 15) is 13.6 Å². The average Bonchev–Trinajstić information content (AvgIpc) is 2.26. The fourth-order valence-electron chi connectivity index (χ4n) is 1.30. The minimum Gasteiger partial charge on any atom is -0.478 e.